The Morgan fingerprint density at radius 3 is 3.10 bits per heavy atom. The number of pyridine rings is 1. The Morgan fingerprint density at radius 1 is 1.70 bits per heavy atom. The fraction of sp³-hybridized carbons (Fsp3) is 0.167. The van der Waals surface area contributed by atoms with Gasteiger partial charge < -0.3 is 0 Å². The maximum atomic E-state index is 5.14. The van der Waals surface area contributed by atoms with Crippen molar-refractivity contribution in [3.8, 4) is 0 Å². The monoisotopic (exact) mass is 201 g/mol. The van der Waals surface area contributed by atoms with Crippen LogP contribution >= 0.6 is 15.9 Å². The lowest BCUT2D eigenvalue weighted by molar-refractivity contribution is 0.737. The standard InChI is InChI=1S/C6H8BrN3/c7-6-4-9-2-1-5(6)3-10-8/h1-2,4,10H,3,8H2. The van der Waals surface area contributed by atoms with Crippen LogP contribution in [0.2, 0.25) is 0 Å². The summed E-state index contributed by atoms with van der Waals surface area (Å²) in [6.07, 6.45) is 3.48. The summed E-state index contributed by atoms with van der Waals surface area (Å²) in [7, 11) is 0. The Labute approximate surface area is 67.7 Å². The number of nitrogens with zero attached hydrogens (tertiary/aromatic N) is 1. The van der Waals surface area contributed by atoms with Gasteiger partial charge in [0.05, 0.1) is 0 Å². The van der Waals surface area contributed by atoms with Gasteiger partial charge in [-0.05, 0) is 27.6 Å². The van der Waals surface area contributed by atoms with Crippen molar-refractivity contribution >= 4 is 15.9 Å². The normalized spacial score (nSPS) is 9.80. The highest BCUT2D eigenvalue weighted by Crippen LogP contribution is 2.12. The Bertz CT molecular complexity index is 214. The molecule has 54 valence electrons. The van der Waals surface area contributed by atoms with Crippen molar-refractivity contribution in [3.05, 3.63) is 28.5 Å². The van der Waals surface area contributed by atoms with Crippen LogP contribution in [0, 0.1) is 0 Å². The van der Waals surface area contributed by atoms with Gasteiger partial charge in [0.15, 0.2) is 0 Å². The lowest BCUT2D eigenvalue weighted by atomic mass is 10.3. The van der Waals surface area contributed by atoms with Crippen LogP contribution in [-0.2, 0) is 6.54 Å². The first-order valence-electron chi connectivity index (χ1n) is 2.86. The van der Waals surface area contributed by atoms with Crippen LogP contribution < -0.4 is 11.3 Å². The van der Waals surface area contributed by atoms with Gasteiger partial charge in [-0.25, -0.2) is 0 Å². The van der Waals surface area contributed by atoms with Gasteiger partial charge in [0.1, 0.15) is 0 Å². The SMILES string of the molecule is NNCc1ccncc1Br. The second kappa shape index (κ2) is 3.65. The lowest BCUT2D eigenvalue weighted by Gasteiger charge is -2.00. The van der Waals surface area contributed by atoms with E-state index in [-0.39, 0.29) is 0 Å². The topological polar surface area (TPSA) is 50.9 Å². The van der Waals surface area contributed by atoms with Crippen molar-refractivity contribution in [3.63, 3.8) is 0 Å². The fourth-order valence-corrected chi connectivity index (χ4v) is 1.05. The minimum Gasteiger partial charge on any atom is -0.271 e. The van der Waals surface area contributed by atoms with Gasteiger partial charge in [0.2, 0.25) is 0 Å². The molecule has 0 aliphatic heterocycles. The van der Waals surface area contributed by atoms with Gasteiger partial charge in [-0.2, -0.15) is 0 Å². The number of hydrazine groups is 1. The van der Waals surface area contributed by atoms with E-state index in [1.165, 1.54) is 0 Å². The maximum absolute atomic E-state index is 5.14. The Kier molecular flexibility index (Phi) is 2.80. The van der Waals surface area contributed by atoms with Gasteiger partial charge in [0.25, 0.3) is 0 Å². The molecule has 10 heavy (non-hydrogen) atoms. The third kappa shape index (κ3) is 1.76. The summed E-state index contributed by atoms with van der Waals surface area (Å²) in [5.74, 6) is 5.14. The second-order valence-corrected chi connectivity index (χ2v) is 2.70. The molecule has 0 spiro atoms. The molecule has 0 aliphatic rings. The lowest BCUT2D eigenvalue weighted by Crippen LogP contribution is -2.21. The van der Waals surface area contributed by atoms with Crippen molar-refractivity contribution in [2.24, 2.45) is 5.84 Å². The van der Waals surface area contributed by atoms with Crippen LogP contribution in [0.1, 0.15) is 5.56 Å². The predicted molar refractivity (Wildman–Crippen MR) is 43.0 cm³/mol. The van der Waals surface area contributed by atoms with Gasteiger partial charge in [-0.3, -0.25) is 16.3 Å². The van der Waals surface area contributed by atoms with E-state index in [0.29, 0.717) is 6.54 Å². The molecule has 1 rings (SSSR count). The molecule has 3 N–H and O–H groups in total. The predicted octanol–water partition coefficient (Wildman–Crippen LogP) is 0.807. The van der Waals surface area contributed by atoms with Crippen molar-refractivity contribution in [1.82, 2.24) is 10.4 Å². The molecule has 0 aromatic carbocycles. The summed E-state index contributed by atoms with van der Waals surface area (Å²) in [5, 5.41) is 0. The number of halogens is 1. The summed E-state index contributed by atoms with van der Waals surface area (Å²) in [6.45, 7) is 0.656. The minimum absolute atomic E-state index is 0.656. The highest BCUT2D eigenvalue weighted by molar-refractivity contribution is 9.10. The molecular weight excluding hydrogens is 194 g/mol. The quantitative estimate of drug-likeness (QED) is 0.551. The molecule has 1 aromatic heterocycles. The molecule has 0 aliphatic carbocycles. The number of aromatic nitrogens is 1. The molecule has 0 atom stereocenters. The van der Waals surface area contributed by atoms with Crippen molar-refractivity contribution in [2.45, 2.75) is 6.54 Å². The molecule has 0 unspecified atom stereocenters. The van der Waals surface area contributed by atoms with Crippen LogP contribution in [0.4, 0.5) is 0 Å². The molecule has 1 heterocycles. The molecule has 0 radical (unpaired) electrons. The van der Waals surface area contributed by atoms with E-state index in [1.807, 2.05) is 6.07 Å². The molecule has 0 fully saturated rings. The Balaban J connectivity index is 2.81. The van der Waals surface area contributed by atoms with Crippen molar-refractivity contribution in [2.75, 3.05) is 0 Å². The Morgan fingerprint density at radius 2 is 2.50 bits per heavy atom. The van der Waals surface area contributed by atoms with E-state index in [0.717, 1.165) is 10.0 Å². The molecule has 0 bridgehead atoms. The van der Waals surface area contributed by atoms with Crippen LogP contribution in [-0.4, -0.2) is 4.98 Å². The molecular formula is C6H8BrN3. The average Bonchev–Trinajstić information content (AvgIpc) is 1.94. The van der Waals surface area contributed by atoms with Gasteiger partial charge in [-0.15, -0.1) is 0 Å². The van der Waals surface area contributed by atoms with Crippen molar-refractivity contribution in [1.29, 1.82) is 0 Å². The molecule has 0 saturated heterocycles. The zero-order valence-electron chi connectivity index (χ0n) is 5.34. The summed E-state index contributed by atoms with van der Waals surface area (Å²) in [5.41, 5.74) is 3.68. The highest BCUT2D eigenvalue weighted by Gasteiger charge is 1.94. The fourth-order valence-electron chi connectivity index (χ4n) is 0.657. The minimum atomic E-state index is 0.656. The Hall–Kier alpha value is -0.450. The van der Waals surface area contributed by atoms with E-state index in [2.05, 4.69) is 26.3 Å². The van der Waals surface area contributed by atoms with E-state index >= 15 is 0 Å². The van der Waals surface area contributed by atoms with Gasteiger partial charge in [0, 0.05) is 23.4 Å². The molecule has 1 aromatic rings. The largest absolute Gasteiger partial charge is 0.271 e. The number of hydrogen-bond acceptors (Lipinski definition) is 3. The summed E-state index contributed by atoms with van der Waals surface area (Å²) < 4.78 is 0.980. The zero-order valence-corrected chi connectivity index (χ0v) is 6.93. The van der Waals surface area contributed by atoms with E-state index in [9.17, 15) is 0 Å². The first-order chi connectivity index (χ1) is 4.84. The summed E-state index contributed by atoms with van der Waals surface area (Å²) in [6, 6.07) is 1.91. The molecule has 4 heteroatoms. The van der Waals surface area contributed by atoms with Gasteiger partial charge in [-0.1, -0.05) is 0 Å². The molecule has 0 saturated carbocycles. The number of hydrogen-bond donors (Lipinski definition) is 2. The number of nitrogens with one attached hydrogen (secondary N) is 1. The first kappa shape index (κ1) is 7.65. The van der Waals surface area contributed by atoms with Crippen LogP contribution in [0.15, 0.2) is 22.9 Å². The second-order valence-electron chi connectivity index (χ2n) is 1.85. The van der Waals surface area contributed by atoms with Crippen LogP contribution in [0.25, 0.3) is 0 Å². The highest BCUT2D eigenvalue weighted by atomic mass is 79.9. The summed E-state index contributed by atoms with van der Waals surface area (Å²) >= 11 is 3.34. The number of nitrogens with two attached hydrogens (primary N) is 1. The van der Waals surface area contributed by atoms with E-state index in [4.69, 9.17) is 5.84 Å². The first-order valence-corrected chi connectivity index (χ1v) is 3.65. The third-order valence-electron chi connectivity index (χ3n) is 1.15. The number of rotatable bonds is 2. The van der Waals surface area contributed by atoms with E-state index < -0.39 is 0 Å². The zero-order chi connectivity index (χ0) is 7.40. The summed E-state index contributed by atoms with van der Waals surface area (Å²) in [4.78, 5) is 3.91. The van der Waals surface area contributed by atoms with Crippen molar-refractivity contribution < 1.29 is 0 Å². The van der Waals surface area contributed by atoms with E-state index in [1.54, 1.807) is 12.4 Å². The van der Waals surface area contributed by atoms with Crippen LogP contribution in [0.5, 0.6) is 0 Å². The van der Waals surface area contributed by atoms with Crippen LogP contribution in [0.3, 0.4) is 0 Å². The smallest absolute Gasteiger partial charge is 0.0413 e. The van der Waals surface area contributed by atoms with Gasteiger partial charge >= 0.3 is 0 Å². The molecule has 3 nitrogen and oxygen atoms in total. The molecule has 0 amide bonds. The average molecular weight is 202 g/mol. The maximum Gasteiger partial charge on any atom is 0.0413 e. The third-order valence-corrected chi connectivity index (χ3v) is 1.86.